The van der Waals surface area contributed by atoms with Gasteiger partial charge in [-0.25, -0.2) is 0 Å². The molecule has 2 nitrogen and oxygen atoms in total. The Bertz CT molecular complexity index is 331. The van der Waals surface area contributed by atoms with Gasteiger partial charge in [0.1, 0.15) is 0 Å². The Kier molecular flexibility index (Phi) is 3.92. The lowest BCUT2D eigenvalue weighted by molar-refractivity contribution is -0.111. The van der Waals surface area contributed by atoms with Gasteiger partial charge in [-0.05, 0) is 46.9 Å². The van der Waals surface area contributed by atoms with Gasteiger partial charge < -0.3 is 5.32 Å². The summed E-state index contributed by atoms with van der Waals surface area (Å²) in [4.78, 5) is 11.0. The number of rotatable bonds is 2. The Morgan fingerprint density at radius 2 is 2.23 bits per heavy atom. The molecular weight excluding hydrogens is 345 g/mol. The number of nitrogens with one attached hydrogen (secondary N) is 1. The van der Waals surface area contributed by atoms with Crippen molar-refractivity contribution in [2.24, 2.45) is 0 Å². The molecule has 0 bridgehead atoms. The highest BCUT2D eigenvalue weighted by Crippen LogP contribution is 2.20. The fourth-order valence-electron chi connectivity index (χ4n) is 0.819. The summed E-state index contributed by atoms with van der Waals surface area (Å²) >= 11 is 5.53. The van der Waals surface area contributed by atoms with Crippen molar-refractivity contribution < 1.29 is 4.79 Å². The van der Waals surface area contributed by atoms with Crippen LogP contribution in [0.3, 0.4) is 0 Å². The number of anilines is 1. The van der Waals surface area contributed by atoms with Crippen molar-refractivity contribution in [2.45, 2.75) is 0 Å². The van der Waals surface area contributed by atoms with Gasteiger partial charge in [-0.15, -0.1) is 0 Å². The van der Waals surface area contributed by atoms with Crippen molar-refractivity contribution in [1.82, 2.24) is 0 Å². The minimum atomic E-state index is -0.200. The van der Waals surface area contributed by atoms with Crippen LogP contribution < -0.4 is 5.32 Å². The van der Waals surface area contributed by atoms with Crippen LogP contribution in [0.4, 0.5) is 5.69 Å². The molecule has 0 radical (unpaired) electrons. The molecule has 0 aliphatic rings. The predicted octanol–water partition coefficient (Wildman–Crippen LogP) is 3.18. The molecule has 1 aromatic rings. The van der Waals surface area contributed by atoms with E-state index in [1.807, 2.05) is 18.2 Å². The molecule has 0 heterocycles. The molecule has 4 heteroatoms. The molecule has 1 N–H and O–H groups in total. The van der Waals surface area contributed by atoms with Gasteiger partial charge in [0.15, 0.2) is 0 Å². The second-order valence-corrected chi connectivity index (χ2v) is 4.51. The standard InChI is InChI=1S/C9H7BrINO/c1-2-9(13)12-8-4-6(10)3-7(11)5-8/h2-5H,1H2,(H,12,13). The van der Waals surface area contributed by atoms with E-state index in [1.165, 1.54) is 6.08 Å². The number of benzene rings is 1. The molecule has 0 atom stereocenters. The highest BCUT2D eigenvalue weighted by Gasteiger charge is 1.99. The Hall–Kier alpha value is -0.360. The number of carbonyl (C=O) groups is 1. The van der Waals surface area contributed by atoms with Crippen LogP contribution in [0, 0.1) is 3.57 Å². The van der Waals surface area contributed by atoms with Crippen molar-refractivity contribution >= 4 is 50.1 Å². The van der Waals surface area contributed by atoms with Crippen molar-refractivity contribution in [3.8, 4) is 0 Å². The fourth-order valence-corrected chi connectivity index (χ4v) is 2.41. The molecule has 1 aromatic carbocycles. The van der Waals surface area contributed by atoms with E-state index in [2.05, 4.69) is 50.4 Å². The van der Waals surface area contributed by atoms with E-state index in [9.17, 15) is 4.79 Å². The van der Waals surface area contributed by atoms with Gasteiger partial charge in [-0.3, -0.25) is 4.79 Å². The maximum Gasteiger partial charge on any atom is 0.247 e. The van der Waals surface area contributed by atoms with Crippen LogP contribution in [-0.4, -0.2) is 5.91 Å². The Balaban J connectivity index is 2.89. The van der Waals surface area contributed by atoms with E-state index in [0.717, 1.165) is 13.7 Å². The summed E-state index contributed by atoms with van der Waals surface area (Å²) in [7, 11) is 0. The van der Waals surface area contributed by atoms with Gasteiger partial charge in [-0.2, -0.15) is 0 Å². The zero-order valence-corrected chi connectivity index (χ0v) is 10.4. The van der Waals surface area contributed by atoms with Crippen LogP contribution in [0.2, 0.25) is 0 Å². The lowest BCUT2D eigenvalue weighted by Crippen LogP contribution is -2.07. The van der Waals surface area contributed by atoms with Crippen LogP contribution in [0.1, 0.15) is 0 Å². The van der Waals surface area contributed by atoms with Crippen molar-refractivity contribution in [1.29, 1.82) is 0 Å². The Morgan fingerprint density at radius 1 is 1.54 bits per heavy atom. The first-order valence-electron chi connectivity index (χ1n) is 3.51. The van der Waals surface area contributed by atoms with Gasteiger partial charge >= 0.3 is 0 Å². The van der Waals surface area contributed by atoms with Gasteiger partial charge in [0, 0.05) is 13.7 Å². The first kappa shape index (κ1) is 10.7. The second kappa shape index (κ2) is 4.76. The minimum Gasteiger partial charge on any atom is -0.322 e. The third-order valence-electron chi connectivity index (χ3n) is 1.32. The molecule has 13 heavy (non-hydrogen) atoms. The summed E-state index contributed by atoms with van der Waals surface area (Å²) in [6.07, 6.45) is 1.24. The molecule has 0 aromatic heterocycles. The van der Waals surface area contributed by atoms with E-state index in [1.54, 1.807) is 0 Å². The van der Waals surface area contributed by atoms with Gasteiger partial charge in [0.25, 0.3) is 0 Å². The third-order valence-corrected chi connectivity index (χ3v) is 2.40. The molecule has 0 spiro atoms. The molecule has 0 fully saturated rings. The number of hydrogen-bond donors (Lipinski definition) is 1. The van der Waals surface area contributed by atoms with E-state index in [0.29, 0.717) is 0 Å². The average molecular weight is 352 g/mol. The number of amides is 1. The summed E-state index contributed by atoms with van der Waals surface area (Å²) in [5, 5.41) is 2.68. The molecular formula is C9H7BrINO. The molecule has 1 rings (SSSR count). The highest BCUT2D eigenvalue weighted by atomic mass is 127. The number of hydrogen-bond acceptors (Lipinski definition) is 1. The lowest BCUT2D eigenvalue weighted by Gasteiger charge is -2.03. The van der Waals surface area contributed by atoms with Crippen LogP contribution >= 0.6 is 38.5 Å². The van der Waals surface area contributed by atoms with Gasteiger partial charge in [-0.1, -0.05) is 22.5 Å². The number of carbonyl (C=O) groups excluding carboxylic acids is 1. The molecule has 0 aliphatic carbocycles. The first-order valence-corrected chi connectivity index (χ1v) is 5.38. The SMILES string of the molecule is C=CC(=O)Nc1cc(Br)cc(I)c1. The maximum absolute atomic E-state index is 11.0. The van der Waals surface area contributed by atoms with Crippen LogP contribution in [0.15, 0.2) is 35.3 Å². The van der Waals surface area contributed by atoms with Crippen molar-refractivity contribution in [3.05, 3.63) is 38.9 Å². The van der Waals surface area contributed by atoms with Crippen molar-refractivity contribution in [2.75, 3.05) is 5.32 Å². The summed E-state index contributed by atoms with van der Waals surface area (Å²) in [5.74, 6) is -0.200. The third kappa shape index (κ3) is 3.48. The summed E-state index contributed by atoms with van der Waals surface area (Å²) in [5.41, 5.74) is 0.767. The van der Waals surface area contributed by atoms with E-state index in [4.69, 9.17) is 0 Å². The van der Waals surface area contributed by atoms with Crippen LogP contribution in [0.5, 0.6) is 0 Å². The fraction of sp³-hybridized carbons (Fsp3) is 0. The summed E-state index contributed by atoms with van der Waals surface area (Å²) in [6, 6.07) is 5.68. The number of halogens is 2. The van der Waals surface area contributed by atoms with E-state index < -0.39 is 0 Å². The minimum absolute atomic E-state index is 0.200. The Labute approximate surface area is 98.7 Å². The van der Waals surface area contributed by atoms with Gasteiger partial charge in [0.2, 0.25) is 5.91 Å². The maximum atomic E-state index is 11.0. The van der Waals surface area contributed by atoms with E-state index >= 15 is 0 Å². The van der Waals surface area contributed by atoms with Crippen LogP contribution in [0.25, 0.3) is 0 Å². The smallest absolute Gasteiger partial charge is 0.247 e. The van der Waals surface area contributed by atoms with E-state index in [-0.39, 0.29) is 5.91 Å². The zero-order chi connectivity index (χ0) is 9.84. The second-order valence-electron chi connectivity index (χ2n) is 2.35. The largest absolute Gasteiger partial charge is 0.322 e. The zero-order valence-electron chi connectivity index (χ0n) is 6.68. The molecule has 0 aliphatic heterocycles. The van der Waals surface area contributed by atoms with Gasteiger partial charge in [0.05, 0.1) is 0 Å². The quantitative estimate of drug-likeness (QED) is 0.643. The normalized spacial score (nSPS) is 9.38. The molecule has 0 saturated carbocycles. The summed E-state index contributed by atoms with van der Waals surface area (Å²) < 4.78 is 2.00. The molecule has 68 valence electrons. The van der Waals surface area contributed by atoms with Crippen LogP contribution in [-0.2, 0) is 4.79 Å². The highest BCUT2D eigenvalue weighted by molar-refractivity contribution is 14.1. The average Bonchev–Trinajstić information content (AvgIpc) is 2.02. The molecule has 0 unspecified atom stereocenters. The molecule has 1 amide bonds. The predicted molar refractivity (Wildman–Crippen MR) is 65.7 cm³/mol. The molecule has 0 saturated heterocycles. The van der Waals surface area contributed by atoms with Crippen molar-refractivity contribution in [3.63, 3.8) is 0 Å². The first-order chi connectivity index (χ1) is 6.11. The monoisotopic (exact) mass is 351 g/mol. The topological polar surface area (TPSA) is 29.1 Å². The Morgan fingerprint density at radius 3 is 2.77 bits per heavy atom. The lowest BCUT2D eigenvalue weighted by atomic mass is 10.3. The summed E-state index contributed by atoms with van der Waals surface area (Å²) in [6.45, 7) is 3.38.